The molecule has 0 heterocycles. The van der Waals surface area contributed by atoms with Crippen LogP contribution in [0.25, 0.3) is 0 Å². The number of alkyl halides is 1. The molecule has 1 N–H and O–H groups in total. The zero-order valence-corrected chi connectivity index (χ0v) is 10.6. The van der Waals surface area contributed by atoms with E-state index in [9.17, 15) is 0 Å². The Balaban J connectivity index is 2.53. The van der Waals surface area contributed by atoms with E-state index >= 15 is 0 Å². The van der Waals surface area contributed by atoms with Gasteiger partial charge in [-0.1, -0.05) is 23.8 Å². The Hall–Kier alpha value is -0.530. The largest absolute Gasteiger partial charge is 0.310 e. The van der Waals surface area contributed by atoms with E-state index in [0.717, 1.165) is 18.8 Å². The monoisotopic (exact) mass is 225 g/mol. The lowest BCUT2D eigenvalue weighted by atomic mass is 10.1. The van der Waals surface area contributed by atoms with E-state index in [1.165, 1.54) is 16.7 Å². The van der Waals surface area contributed by atoms with Crippen LogP contribution in [0.1, 0.15) is 30.0 Å². The van der Waals surface area contributed by atoms with Gasteiger partial charge in [-0.25, -0.2) is 0 Å². The van der Waals surface area contributed by atoms with Crippen molar-refractivity contribution >= 4 is 11.6 Å². The molecular weight excluding hydrogens is 206 g/mol. The van der Waals surface area contributed by atoms with E-state index in [2.05, 4.69) is 44.3 Å². The molecule has 0 spiro atoms. The van der Waals surface area contributed by atoms with Gasteiger partial charge in [-0.2, -0.15) is 0 Å². The van der Waals surface area contributed by atoms with Gasteiger partial charge in [0.25, 0.3) is 0 Å². The molecule has 1 aromatic carbocycles. The fourth-order valence-electron chi connectivity index (χ4n) is 1.54. The minimum Gasteiger partial charge on any atom is -0.310 e. The molecular formula is C13H20ClN. The lowest BCUT2D eigenvalue weighted by Crippen LogP contribution is -2.26. The van der Waals surface area contributed by atoms with Crippen LogP contribution in [0.4, 0.5) is 0 Å². The Labute approximate surface area is 97.8 Å². The maximum Gasteiger partial charge on any atom is 0.0238 e. The first kappa shape index (κ1) is 12.5. The third-order valence-electron chi connectivity index (χ3n) is 2.69. The van der Waals surface area contributed by atoms with Gasteiger partial charge >= 0.3 is 0 Å². The number of hydrogen-bond donors (Lipinski definition) is 1. The summed E-state index contributed by atoms with van der Waals surface area (Å²) < 4.78 is 0. The molecule has 0 aliphatic heterocycles. The number of rotatable bonds is 5. The van der Waals surface area contributed by atoms with Crippen molar-refractivity contribution in [1.29, 1.82) is 0 Å². The van der Waals surface area contributed by atoms with E-state index in [1.807, 2.05) is 0 Å². The predicted molar refractivity (Wildman–Crippen MR) is 67.6 cm³/mol. The summed E-state index contributed by atoms with van der Waals surface area (Å²) in [6.45, 7) is 7.40. The Kier molecular flexibility index (Phi) is 5.13. The molecule has 0 aromatic heterocycles. The second kappa shape index (κ2) is 6.14. The lowest BCUT2D eigenvalue weighted by molar-refractivity contribution is 0.535. The van der Waals surface area contributed by atoms with Gasteiger partial charge in [0.15, 0.2) is 0 Å². The summed E-state index contributed by atoms with van der Waals surface area (Å²) in [5.74, 6) is 0.723. The summed E-state index contributed by atoms with van der Waals surface area (Å²) in [6, 6.07) is 7.07. The van der Waals surface area contributed by atoms with Crippen molar-refractivity contribution in [3.63, 3.8) is 0 Å². The summed E-state index contributed by atoms with van der Waals surface area (Å²) in [7, 11) is 0. The second-order valence-corrected chi connectivity index (χ2v) is 4.57. The van der Waals surface area contributed by atoms with Gasteiger partial charge in [0.2, 0.25) is 0 Å². The molecule has 1 rings (SSSR count). The molecule has 1 unspecified atom stereocenters. The first-order chi connectivity index (χ1) is 7.13. The summed E-state index contributed by atoms with van der Waals surface area (Å²) in [4.78, 5) is 0. The minimum atomic E-state index is 0.488. The van der Waals surface area contributed by atoms with E-state index in [4.69, 9.17) is 11.6 Å². The van der Waals surface area contributed by atoms with Gasteiger partial charge in [-0.15, -0.1) is 11.6 Å². The number of aryl methyl sites for hydroxylation is 2. The summed E-state index contributed by atoms with van der Waals surface area (Å²) in [5, 5.41) is 3.48. The number of nitrogens with one attached hydrogen (secondary N) is 1. The minimum absolute atomic E-state index is 0.488. The van der Waals surface area contributed by atoms with E-state index in [1.54, 1.807) is 0 Å². The highest BCUT2D eigenvalue weighted by molar-refractivity contribution is 6.17. The van der Waals surface area contributed by atoms with Gasteiger partial charge in [0.05, 0.1) is 0 Å². The van der Waals surface area contributed by atoms with E-state index < -0.39 is 0 Å². The quantitative estimate of drug-likeness (QED) is 0.758. The van der Waals surface area contributed by atoms with Gasteiger partial charge in [0.1, 0.15) is 0 Å². The average molecular weight is 226 g/mol. The van der Waals surface area contributed by atoms with Crippen LogP contribution in [0.2, 0.25) is 0 Å². The van der Waals surface area contributed by atoms with Gasteiger partial charge < -0.3 is 5.32 Å². The van der Waals surface area contributed by atoms with Gasteiger partial charge in [-0.3, -0.25) is 0 Å². The third kappa shape index (κ3) is 4.23. The SMILES string of the molecule is Cc1ccc(C)c(CNC(C)CCCl)c1. The molecule has 1 nitrogen and oxygen atoms in total. The van der Waals surface area contributed by atoms with Crippen LogP contribution in [0.3, 0.4) is 0 Å². The maximum atomic E-state index is 5.69. The molecule has 0 saturated heterocycles. The Morgan fingerprint density at radius 2 is 2.07 bits per heavy atom. The zero-order valence-electron chi connectivity index (χ0n) is 9.81. The number of halogens is 1. The number of benzene rings is 1. The number of hydrogen-bond acceptors (Lipinski definition) is 1. The molecule has 0 radical (unpaired) electrons. The fourth-order valence-corrected chi connectivity index (χ4v) is 1.87. The van der Waals surface area contributed by atoms with Gasteiger partial charge in [-0.05, 0) is 38.3 Å². The first-order valence-electron chi connectivity index (χ1n) is 5.49. The highest BCUT2D eigenvalue weighted by Gasteiger charge is 2.02. The van der Waals surface area contributed by atoms with Crippen LogP contribution in [0, 0.1) is 13.8 Å². The maximum absolute atomic E-state index is 5.69. The molecule has 84 valence electrons. The predicted octanol–water partition coefficient (Wildman–Crippen LogP) is 3.41. The lowest BCUT2D eigenvalue weighted by Gasteiger charge is -2.14. The van der Waals surface area contributed by atoms with Crippen LogP contribution in [-0.2, 0) is 6.54 Å². The van der Waals surface area contributed by atoms with Crippen molar-refractivity contribution in [3.8, 4) is 0 Å². The standard InChI is InChI=1S/C13H20ClN/c1-10-4-5-11(2)13(8-10)9-15-12(3)6-7-14/h4-5,8,12,15H,6-7,9H2,1-3H3. The van der Waals surface area contributed by atoms with E-state index in [-0.39, 0.29) is 0 Å². The molecule has 0 amide bonds. The van der Waals surface area contributed by atoms with Crippen molar-refractivity contribution in [2.24, 2.45) is 0 Å². The van der Waals surface area contributed by atoms with Crippen molar-refractivity contribution in [2.75, 3.05) is 5.88 Å². The van der Waals surface area contributed by atoms with Crippen LogP contribution >= 0.6 is 11.6 Å². The molecule has 1 atom stereocenters. The molecule has 1 aromatic rings. The fraction of sp³-hybridized carbons (Fsp3) is 0.538. The van der Waals surface area contributed by atoms with Crippen LogP contribution in [0.15, 0.2) is 18.2 Å². The van der Waals surface area contributed by atoms with Crippen molar-refractivity contribution < 1.29 is 0 Å². The van der Waals surface area contributed by atoms with Crippen LogP contribution in [-0.4, -0.2) is 11.9 Å². The second-order valence-electron chi connectivity index (χ2n) is 4.19. The summed E-state index contributed by atoms with van der Waals surface area (Å²) in [5.41, 5.74) is 4.06. The average Bonchev–Trinajstić information content (AvgIpc) is 2.20. The summed E-state index contributed by atoms with van der Waals surface area (Å²) in [6.07, 6.45) is 1.02. The normalized spacial score (nSPS) is 12.8. The Bertz CT molecular complexity index is 309. The Morgan fingerprint density at radius 3 is 2.73 bits per heavy atom. The van der Waals surface area contributed by atoms with E-state index in [0.29, 0.717) is 6.04 Å². The highest BCUT2D eigenvalue weighted by atomic mass is 35.5. The molecule has 2 heteroatoms. The zero-order chi connectivity index (χ0) is 11.3. The molecule has 0 saturated carbocycles. The smallest absolute Gasteiger partial charge is 0.0238 e. The van der Waals surface area contributed by atoms with Crippen molar-refractivity contribution in [3.05, 3.63) is 34.9 Å². The van der Waals surface area contributed by atoms with Crippen LogP contribution < -0.4 is 5.32 Å². The topological polar surface area (TPSA) is 12.0 Å². The highest BCUT2D eigenvalue weighted by Crippen LogP contribution is 2.10. The molecule has 0 aliphatic carbocycles. The Morgan fingerprint density at radius 1 is 1.33 bits per heavy atom. The first-order valence-corrected chi connectivity index (χ1v) is 6.02. The summed E-state index contributed by atoms with van der Waals surface area (Å²) >= 11 is 5.69. The van der Waals surface area contributed by atoms with Crippen LogP contribution in [0.5, 0.6) is 0 Å². The van der Waals surface area contributed by atoms with Gasteiger partial charge in [0, 0.05) is 18.5 Å². The van der Waals surface area contributed by atoms with Crippen molar-refractivity contribution in [2.45, 2.75) is 39.8 Å². The molecule has 15 heavy (non-hydrogen) atoms. The van der Waals surface area contributed by atoms with Crippen molar-refractivity contribution in [1.82, 2.24) is 5.32 Å². The third-order valence-corrected chi connectivity index (χ3v) is 2.91. The molecule has 0 aliphatic rings. The molecule has 0 bridgehead atoms. The molecule has 0 fully saturated rings.